The van der Waals surface area contributed by atoms with Crippen LogP contribution < -0.4 is 0 Å². The zero-order valence-corrected chi connectivity index (χ0v) is 14.6. The summed E-state index contributed by atoms with van der Waals surface area (Å²) in [7, 11) is 0. The van der Waals surface area contributed by atoms with Crippen LogP contribution in [0.15, 0.2) is 60.7 Å². The summed E-state index contributed by atoms with van der Waals surface area (Å²) < 4.78 is 15.1. The van der Waals surface area contributed by atoms with Gasteiger partial charge in [0.25, 0.3) is 0 Å². The van der Waals surface area contributed by atoms with Gasteiger partial charge in [0.2, 0.25) is 0 Å². The second kappa shape index (κ2) is 9.36. The predicted molar refractivity (Wildman–Crippen MR) is 93.1 cm³/mol. The van der Waals surface area contributed by atoms with Crippen molar-refractivity contribution in [3.05, 3.63) is 71.8 Å². The maximum absolute atomic E-state index is 12.0. The zero-order valence-electron chi connectivity index (χ0n) is 14.6. The molecule has 2 atom stereocenters. The van der Waals surface area contributed by atoms with Gasteiger partial charge in [-0.05, 0) is 31.5 Å². The topological polar surface area (TPSA) is 78.9 Å². The van der Waals surface area contributed by atoms with Crippen LogP contribution in [0, 0.1) is 0 Å². The van der Waals surface area contributed by atoms with E-state index in [9.17, 15) is 14.4 Å². The molecule has 0 unspecified atom stereocenters. The fourth-order valence-corrected chi connectivity index (χ4v) is 2.02. The van der Waals surface area contributed by atoms with E-state index in [4.69, 9.17) is 14.2 Å². The minimum Gasteiger partial charge on any atom is -0.458 e. The van der Waals surface area contributed by atoms with E-state index in [1.165, 1.54) is 13.8 Å². The van der Waals surface area contributed by atoms with Crippen LogP contribution in [0.1, 0.15) is 29.8 Å². The highest BCUT2D eigenvalue weighted by atomic mass is 16.6. The third-order valence-electron chi connectivity index (χ3n) is 3.47. The summed E-state index contributed by atoms with van der Waals surface area (Å²) in [6.45, 7) is 2.86. The standard InChI is InChI=1S/C20H20O6/c1-14(18(21)24-13-16-9-5-3-6-10-16)25-19(22)15(2)26-20(23)17-11-7-4-8-12-17/h3-12,14-15H,13H2,1-2H3/t14-,15+/m0/s1. The fourth-order valence-electron chi connectivity index (χ4n) is 2.02. The molecule has 0 aliphatic rings. The molecule has 0 aromatic heterocycles. The molecule has 0 saturated carbocycles. The summed E-state index contributed by atoms with van der Waals surface area (Å²) in [5.41, 5.74) is 1.15. The lowest BCUT2D eigenvalue weighted by molar-refractivity contribution is -0.172. The number of ether oxygens (including phenoxy) is 3. The molecule has 0 fully saturated rings. The molecule has 136 valence electrons. The molecule has 6 nitrogen and oxygen atoms in total. The van der Waals surface area contributed by atoms with Crippen molar-refractivity contribution < 1.29 is 28.6 Å². The molecule has 0 aliphatic heterocycles. The largest absolute Gasteiger partial charge is 0.458 e. The first-order valence-electron chi connectivity index (χ1n) is 8.14. The lowest BCUT2D eigenvalue weighted by Gasteiger charge is -2.16. The Kier molecular flexibility index (Phi) is 6.91. The summed E-state index contributed by atoms with van der Waals surface area (Å²) in [5, 5.41) is 0. The van der Waals surface area contributed by atoms with E-state index in [1.807, 2.05) is 30.3 Å². The van der Waals surface area contributed by atoms with E-state index < -0.39 is 30.1 Å². The van der Waals surface area contributed by atoms with Crippen molar-refractivity contribution in [3.63, 3.8) is 0 Å². The summed E-state index contributed by atoms with van der Waals surface area (Å²) in [5.74, 6) is -2.14. The van der Waals surface area contributed by atoms with Gasteiger partial charge in [-0.2, -0.15) is 0 Å². The molecule has 2 aromatic rings. The summed E-state index contributed by atoms with van der Waals surface area (Å²) in [4.78, 5) is 35.8. The Bertz CT molecular complexity index is 741. The van der Waals surface area contributed by atoms with Gasteiger partial charge in [-0.25, -0.2) is 14.4 Å². The Hall–Kier alpha value is -3.15. The molecule has 26 heavy (non-hydrogen) atoms. The predicted octanol–water partition coefficient (Wildman–Crippen LogP) is 2.91. The molecule has 0 spiro atoms. The molecule has 0 aliphatic carbocycles. The van der Waals surface area contributed by atoms with E-state index in [1.54, 1.807) is 30.3 Å². The molecule has 0 saturated heterocycles. The van der Waals surface area contributed by atoms with E-state index in [-0.39, 0.29) is 6.61 Å². The first-order chi connectivity index (χ1) is 12.5. The van der Waals surface area contributed by atoms with E-state index in [2.05, 4.69) is 0 Å². The number of rotatable bonds is 7. The highest BCUT2D eigenvalue weighted by molar-refractivity contribution is 5.91. The smallest absolute Gasteiger partial charge is 0.348 e. The van der Waals surface area contributed by atoms with Crippen molar-refractivity contribution in [1.29, 1.82) is 0 Å². The van der Waals surface area contributed by atoms with Gasteiger partial charge in [0.05, 0.1) is 5.56 Å². The van der Waals surface area contributed by atoms with Crippen molar-refractivity contribution in [2.75, 3.05) is 0 Å². The molecule has 0 radical (unpaired) electrons. The highest BCUT2D eigenvalue weighted by Crippen LogP contribution is 2.08. The number of esters is 3. The van der Waals surface area contributed by atoms with Gasteiger partial charge in [0.15, 0.2) is 12.2 Å². The van der Waals surface area contributed by atoms with Crippen molar-refractivity contribution in [1.82, 2.24) is 0 Å². The zero-order chi connectivity index (χ0) is 18.9. The Morgan fingerprint density at radius 3 is 1.92 bits per heavy atom. The molecule has 0 amide bonds. The number of benzene rings is 2. The average molecular weight is 356 g/mol. The average Bonchev–Trinajstić information content (AvgIpc) is 2.67. The molecule has 6 heteroatoms. The molecule has 0 N–H and O–H groups in total. The maximum atomic E-state index is 12.0. The van der Waals surface area contributed by atoms with Gasteiger partial charge < -0.3 is 14.2 Å². The van der Waals surface area contributed by atoms with Crippen LogP contribution >= 0.6 is 0 Å². The minimum atomic E-state index is -1.15. The van der Waals surface area contributed by atoms with Gasteiger partial charge in [-0.15, -0.1) is 0 Å². The fraction of sp³-hybridized carbons (Fsp3) is 0.250. The molecular weight excluding hydrogens is 336 g/mol. The van der Waals surface area contributed by atoms with Gasteiger partial charge in [-0.3, -0.25) is 0 Å². The second-order valence-electron chi connectivity index (χ2n) is 5.59. The van der Waals surface area contributed by atoms with Gasteiger partial charge >= 0.3 is 17.9 Å². The SMILES string of the molecule is C[C@H](OC(=O)[C@@H](C)OC(=O)c1ccccc1)C(=O)OCc1ccccc1. The molecular formula is C20H20O6. The summed E-state index contributed by atoms with van der Waals surface area (Å²) in [6.07, 6.45) is -2.25. The van der Waals surface area contributed by atoms with Crippen molar-refractivity contribution in [2.24, 2.45) is 0 Å². The van der Waals surface area contributed by atoms with Gasteiger partial charge in [0.1, 0.15) is 6.61 Å². The van der Waals surface area contributed by atoms with Crippen molar-refractivity contribution >= 4 is 17.9 Å². The monoisotopic (exact) mass is 356 g/mol. The van der Waals surface area contributed by atoms with Crippen LogP contribution in [0.25, 0.3) is 0 Å². The lowest BCUT2D eigenvalue weighted by Crippen LogP contribution is -2.33. The number of carbonyl (C=O) groups excluding carboxylic acids is 3. The lowest BCUT2D eigenvalue weighted by atomic mass is 10.2. The van der Waals surface area contributed by atoms with Gasteiger partial charge in [0, 0.05) is 0 Å². The first-order valence-corrected chi connectivity index (χ1v) is 8.14. The van der Waals surface area contributed by atoms with Crippen LogP contribution in [0.4, 0.5) is 0 Å². The maximum Gasteiger partial charge on any atom is 0.348 e. The summed E-state index contributed by atoms with van der Waals surface area (Å²) >= 11 is 0. The van der Waals surface area contributed by atoms with Gasteiger partial charge in [-0.1, -0.05) is 48.5 Å². The van der Waals surface area contributed by atoms with Crippen LogP contribution in [-0.2, 0) is 30.4 Å². The third kappa shape index (κ3) is 5.73. The van der Waals surface area contributed by atoms with Crippen LogP contribution in [0.5, 0.6) is 0 Å². The van der Waals surface area contributed by atoms with E-state index in [0.717, 1.165) is 5.56 Å². The van der Waals surface area contributed by atoms with Crippen LogP contribution in [0.2, 0.25) is 0 Å². The number of hydrogen-bond donors (Lipinski definition) is 0. The highest BCUT2D eigenvalue weighted by Gasteiger charge is 2.25. The Morgan fingerprint density at radius 2 is 1.31 bits per heavy atom. The molecule has 2 aromatic carbocycles. The summed E-state index contributed by atoms with van der Waals surface area (Å²) in [6, 6.07) is 17.4. The van der Waals surface area contributed by atoms with Crippen LogP contribution in [0.3, 0.4) is 0 Å². The number of hydrogen-bond acceptors (Lipinski definition) is 6. The minimum absolute atomic E-state index is 0.0834. The number of carbonyl (C=O) groups is 3. The van der Waals surface area contributed by atoms with E-state index in [0.29, 0.717) is 5.56 Å². The molecule has 0 heterocycles. The molecule has 2 rings (SSSR count). The Balaban J connectivity index is 1.79. The van der Waals surface area contributed by atoms with E-state index >= 15 is 0 Å². The Morgan fingerprint density at radius 1 is 0.769 bits per heavy atom. The molecule has 0 bridgehead atoms. The first kappa shape index (κ1) is 19.2. The third-order valence-corrected chi connectivity index (χ3v) is 3.47. The van der Waals surface area contributed by atoms with Crippen molar-refractivity contribution in [3.8, 4) is 0 Å². The Labute approximate surface area is 151 Å². The van der Waals surface area contributed by atoms with Crippen LogP contribution in [-0.4, -0.2) is 30.1 Å². The quantitative estimate of drug-likeness (QED) is 0.561. The van der Waals surface area contributed by atoms with Crippen molar-refractivity contribution in [2.45, 2.75) is 32.7 Å². The normalized spacial score (nSPS) is 12.5. The second-order valence-corrected chi connectivity index (χ2v) is 5.59.